The Morgan fingerprint density at radius 3 is 2.57 bits per heavy atom. The molecule has 1 aliphatic rings. The number of rotatable bonds is 8. The first-order valence-electron chi connectivity index (χ1n) is 10.2. The van der Waals surface area contributed by atoms with E-state index in [2.05, 4.69) is 15.6 Å². The highest BCUT2D eigenvalue weighted by molar-refractivity contribution is 6.09. The Morgan fingerprint density at radius 1 is 1.20 bits per heavy atom. The smallest absolute Gasteiger partial charge is 0.264 e. The molecule has 1 aromatic carbocycles. The van der Waals surface area contributed by atoms with E-state index in [1.807, 2.05) is 18.4 Å². The number of carbonyl (C=O) groups is 3. The molecule has 0 spiro atoms. The minimum Gasteiger partial charge on any atom is -0.370 e. The number of anilines is 1. The van der Waals surface area contributed by atoms with Crippen LogP contribution >= 0.6 is 0 Å². The standard InChI is InChI=1S/C22H27N5O3/c1-4-8-19(29)24-16-10-7-9-14(11-16)22(20(30)25-21(23)26-22)15-12-17(18(28)5-2)27(6-3)13-15/h7,9-13H,4-6,8H2,1-3H3,(H,24,29)(H3,23,25,26,30). The van der Waals surface area contributed by atoms with Gasteiger partial charge in [0, 0.05) is 36.8 Å². The molecule has 8 nitrogen and oxygen atoms in total. The third-order valence-corrected chi connectivity index (χ3v) is 5.16. The molecule has 1 atom stereocenters. The molecule has 1 aliphatic heterocycles. The van der Waals surface area contributed by atoms with E-state index in [1.54, 1.807) is 43.5 Å². The van der Waals surface area contributed by atoms with Crippen LogP contribution in [0, 0.1) is 0 Å². The Balaban J connectivity index is 2.14. The molecular weight excluding hydrogens is 382 g/mol. The largest absolute Gasteiger partial charge is 0.370 e. The molecule has 8 heteroatoms. The summed E-state index contributed by atoms with van der Waals surface area (Å²) in [6, 6.07) is 8.71. The molecule has 0 saturated carbocycles. The second-order valence-electron chi connectivity index (χ2n) is 7.22. The summed E-state index contributed by atoms with van der Waals surface area (Å²) >= 11 is 0. The van der Waals surface area contributed by atoms with Crippen LogP contribution in [0.3, 0.4) is 0 Å². The van der Waals surface area contributed by atoms with Crippen LogP contribution in [0.4, 0.5) is 5.69 Å². The summed E-state index contributed by atoms with van der Waals surface area (Å²) in [5.74, 6) is -0.515. The van der Waals surface area contributed by atoms with E-state index in [1.165, 1.54) is 0 Å². The van der Waals surface area contributed by atoms with E-state index in [4.69, 9.17) is 5.73 Å². The maximum Gasteiger partial charge on any atom is 0.264 e. The fourth-order valence-electron chi connectivity index (χ4n) is 3.68. The number of aliphatic imine (C=N–C) groups is 1. The Bertz CT molecular complexity index is 1020. The van der Waals surface area contributed by atoms with Crippen LogP contribution in [-0.2, 0) is 21.7 Å². The van der Waals surface area contributed by atoms with E-state index in [9.17, 15) is 14.4 Å². The molecule has 0 saturated heterocycles. The molecule has 2 heterocycles. The van der Waals surface area contributed by atoms with Gasteiger partial charge >= 0.3 is 0 Å². The summed E-state index contributed by atoms with van der Waals surface area (Å²) in [5, 5.41) is 5.43. The maximum atomic E-state index is 13.1. The molecule has 0 radical (unpaired) electrons. The second-order valence-corrected chi connectivity index (χ2v) is 7.22. The number of hydrogen-bond donors (Lipinski definition) is 3. The van der Waals surface area contributed by atoms with Gasteiger partial charge < -0.3 is 15.6 Å². The van der Waals surface area contributed by atoms with E-state index in [0.717, 1.165) is 6.42 Å². The van der Waals surface area contributed by atoms with Gasteiger partial charge in [0.15, 0.2) is 17.3 Å². The Morgan fingerprint density at radius 2 is 1.97 bits per heavy atom. The predicted octanol–water partition coefficient (Wildman–Crippen LogP) is 2.53. The maximum absolute atomic E-state index is 13.1. The van der Waals surface area contributed by atoms with Crippen LogP contribution in [0.5, 0.6) is 0 Å². The minimum absolute atomic E-state index is 0.00744. The van der Waals surface area contributed by atoms with Crippen LogP contribution in [-0.4, -0.2) is 28.1 Å². The topological polar surface area (TPSA) is 119 Å². The van der Waals surface area contributed by atoms with Crippen molar-refractivity contribution in [2.75, 3.05) is 5.32 Å². The number of hydrogen-bond acceptors (Lipinski definition) is 5. The molecule has 0 fully saturated rings. The molecule has 1 aromatic heterocycles. The van der Waals surface area contributed by atoms with Crippen molar-refractivity contribution < 1.29 is 14.4 Å². The highest BCUT2D eigenvalue weighted by Gasteiger charge is 2.47. The molecule has 1 unspecified atom stereocenters. The first-order valence-corrected chi connectivity index (χ1v) is 10.2. The fourth-order valence-corrected chi connectivity index (χ4v) is 3.68. The number of guanidine groups is 1. The summed E-state index contributed by atoms with van der Waals surface area (Å²) in [6.45, 7) is 6.23. The van der Waals surface area contributed by atoms with E-state index >= 15 is 0 Å². The van der Waals surface area contributed by atoms with Gasteiger partial charge in [0.1, 0.15) is 0 Å². The first-order chi connectivity index (χ1) is 14.3. The number of benzene rings is 1. The molecule has 0 bridgehead atoms. The number of nitrogens with zero attached hydrogens (tertiary/aromatic N) is 2. The van der Waals surface area contributed by atoms with Gasteiger partial charge in [-0.15, -0.1) is 0 Å². The van der Waals surface area contributed by atoms with Crippen molar-refractivity contribution in [3.8, 4) is 0 Å². The number of carbonyl (C=O) groups excluding carboxylic acids is 3. The zero-order chi connectivity index (χ0) is 21.9. The van der Waals surface area contributed by atoms with Gasteiger partial charge in [0.05, 0.1) is 5.69 Å². The molecule has 2 aromatic rings. The molecule has 158 valence electrons. The highest BCUT2D eigenvalue weighted by atomic mass is 16.2. The third kappa shape index (κ3) is 3.72. The summed E-state index contributed by atoms with van der Waals surface area (Å²) < 4.78 is 1.81. The Kier molecular flexibility index (Phi) is 6.05. The van der Waals surface area contributed by atoms with Gasteiger partial charge in [-0.2, -0.15) is 0 Å². The van der Waals surface area contributed by atoms with Crippen molar-refractivity contribution in [2.45, 2.75) is 52.1 Å². The van der Waals surface area contributed by atoms with Crippen LogP contribution in [0.15, 0.2) is 41.5 Å². The first kappa shape index (κ1) is 21.3. The number of nitrogens with one attached hydrogen (secondary N) is 2. The van der Waals surface area contributed by atoms with Gasteiger partial charge in [-0.25, -0.2) is 4.99 Å². The number of amides is 2. The lowest BCUT2D eigenvalue weighted by molar-refractivity contribution is -0.122. The summed E-state index contributed by atoms with van der Waals surface area (Å²) in [7, 11) is 0. The van der Waals surface area contributed by atoms with Gasteiger partial charge in [-0.05, 0) is 37.1 Å². The Labute approximate surface area is 175 Å². The number of nitrogens with two attached hydrogens (primary N) is 1. The van der Waals surface area contributed by atoms with Crippen molar-refractivity contribution in [1.82, 2.24) is 9.88 Å². The number of aryl methyl sites for hydroxylation is 1. The number of Topliss-reactive ketones (excluding diaryl/α,β-unsaturated/α-hetero) is 1. The van der Waals surface area contributed by atoms with Gasteiger partial charge in [0.25, 0.3) is 5.91 Å². The van der Waals surface area contributed by atoms with Gasteiger partial charge in [0.2, 0.25) is 5.91 Å². The number of ketones is 1. The van der Waals surface area contributed by atoms with Crippen molar-refractivity contribution >= 4 is 29.2 Å². The summed E-state index contributed by atoms with van der Waals surface area (Å²) in [4.78, 5) is 42.0. The van der Waals surface area contributed by atoms with Crippen molar-refractivity contribution in [2.24, 2.45) is 10.7 Å². The van der Waals surface area contributed by atoms with E-state index in [-0.39, 0.29) is 17.6 Å². The van der Waals surface area contributed by atoms with E-state index in [0.29, 0.717) is 41.9 Å². The average Bonchev–Trinajstić information content (AvgIpc) is 3.28. The lowest BCUT2D eigenvalue weighted by Gasteiger charge is -2.23. The number of aromatic nitrogens is 1. The predicted molar refractivity (Wildman–Crippen MR) is 115 cm³/mol. The van der Waals surface area contributed by atoms with Crippen LogP contribution < -0.4 is 16.4 Å². The monoisotopic (exact) mass is 409 g/mol. The molecule has 30 heavy (non-hydrogen) atoms. The second kappa shape index (κ2) is 8.52. The fraction of sp³-hybridized carbons (Fsp3) is 0.364. The zero-order valence-corrected chi connectivity index (χ0v) is 17.5. The molecule has 0 aliphatic carbocycles. The van der Waals surface area contributed by atoms with Crippen molar-refractivity contribution in [3.05, 3.63) is 53.3 Å². The van der Waals surface area contributed by atoms with Crippen molar-refractivity contribution in [3.63, 3.8) is 0 Å². The normalized spacial score (nSPS) is 18.1. The average molecular weight is 409 g/mol. The molecule has 3 rings (SSSR count). The van der Waals surface area contributed by atoms with Gasteiger partial charge in [-0.3, -0.25) is 19.7 Å². The van der Waals surface area contributed by atoms with Gasteiger partial charge in [-0.1, -0.05) is 26.0 Å². The van der Waals surface area contributed by atoms with Crippen molar-refractivity contribution in [1.29, 1.82) is 0 Å². The lowest BCUT2D eigenvalue weighted by atomic mass is 9.84. The summed E-state index contributed by atoms with van der Waals surface area (Å²) in [5.41, 5.74) is 6.64. The lowest BCUT2D eigenvalue weighted by Crippen LogP contribution is -2.39. The highest BCUT2D eigenvalue weighted by Crippen LogP contribution is 2.39. The van der Waals surface area contributed by atoms with Crippen LogP contribution in [0.2, 0.25) is 0 Å². The molecule has 2 amide bonds. The molecular formula is C22H27N5O3. The Hall–Kier alpha value is -3.42. The zero-order valence-electron chi connectivity index (χ0n) is 17.5. The van der Waals surface area contributed by atoms with E-state index < -0.39 is 11.4 Å². The minimum atomic E-state index is -1.43. The van der Waals surface area contributed by atoms with Crippen LogP contribution in [0.1, 0.15) is 61.6 Å². The summed E-state index contributed by atoms with van der Waals surface area (Å²) in [6.07, 6.45) is 3.26. The quantitative estimate of drug-likeness (QED) is 0.581. The van der Waals surface area contributed by atoms with Crippen LogP contribution in [0.25, 0.3) is 0 Å². The SMILES string of the molecule is CCCC(=O)Nc1cccc(C2(c3cc(C(=O)CC)n(CC)c3)N=C(N)NC2=O)c1. The third-order valence-electron chi connectivity index (χ3n) is 5.16. The molecule has 4 N–H and O–H groups in total.